The van der Waals surface area contributed by atoms with Crippen molar-refractivity contribution in [3.8, 4) is 0 Å². The van der Waals surface area contributed by atoms with E-state index in [-0.39, 0.29) is 11.2 Å². The van der Waals surface area contributed by atoms with Gasteiger partial charge in [0.05, 0.1) is 5.25 Å². The summed E-state index contributed by atoms with van der Waals surface area (Å²) in [5.74, 6) is 0.257. The highest BCUT2D eigenvalue weighted by atomic mass is 32.2. The van der Waals surface area contributed by atoms with Gasteiger partial charge in [-0.05, 0) is 31.7 Å². The van der Waals surface area contributed by atoms with Crippen molar-refractivity contribution in [3.63, 3.8) is 0 Å². The van der Waals surface area contributed by atoms with Gasteiger partial charge in [-0.3, -0.25) is 0 Å². The van der Waals surface area contributed by atoms with Crippen LogP contribution in [0.2, 0.25) is 0 Å². The molecule has 16 heavy (non-hydrogen) atoms. The highest BCUT2D eigenvalue weighted by Gasteiger charge is 2.25. The second-order valence-electron chi connectivity index (χ2n) is 4.77. The van der Waals surface area contributed by atoms with Gasteiger partial charge in [-0.1, -0.05) is 33.1 Å². The zero-order chi connectivity index (χ0) is 12.6. The normalized spacial score (nSPS) is 16.0. The van der Waals surface area contributed by atoms with Crippen molar-refractivity contribution in [2.75, 3.05) is 12.8 Å². The van der Waals surface area contributed by atoms with E-state index in [0.717, 1.165) is 19.3 Å². The number of unbranched alkanes of at least 4 members (excludes halogenated alkanes) is 2. The topological polar surface area (TPSA) is 60.2 Å². The monoisotopic (exact) mass is 249 g/mol. The van der Waals surface area contributed by atoms with E-state index < -0.39 is 9.84 Å². The van der Waals surface area contributed by atoms with Crippen LogP contribution < -0.4 is 5.73 Å². The van der Waals surface area contributed by atoms with Crippen LogP contribution in [0.4, 0.5) is 0 Å². The number of rotatable bonds is 9. The fourth-order valence-corrected chi connectivity index (χ4v) is 3.72. The fraction of sp³-hybridized carbons (Fsp3) is 1.00. The Hall–Kier alpha value is -0.0900. The zero-order valence-electron chi connectivity index (χ0n) is 10.9. The molecule has 2 unspecified atom stereocenters. The second kappa shape index (κ2) is 8.07. The van der Waals surface area contributed by atoms with E-state index >= 15 is 0 Å². The molecule has 4 heteroatoms. The maximum Gasteiger partial charge on any atom is 0.150 e. The first-order valence-electron chi connectivity index (χ1n) is 6.32. The van der Waals surface area contributed by atoms with Gasteiger partial charge in [0.2, 0.25) is 0 Å². The van der Waals surface area contributed by atoms with Crippen LogP contribution in [-0.2, 0) is 9.84 Å². The lowest BCUT2D eigenvalue weighted by atomic mass is 9.97. The molecule has 0 aromatic heterocycles. The summed E-state index contributed by atoms with van der Waals surface area (Å²) >= 11 is 0. The smallest absolute Gasteiger partial charge is 0.150 e. The van der Waals surface area contributed by atoms with Crippen molar-refractivity contribution < 1.29 is 8.42 Å². The van der Waals surface area contributed by atoms with E-state index in [4.69, 9.17) is 5.73 Å². The number of hydrogen-bond donors (Lipinski definition) is 1. The summed E-state index contributed by atoms with van der Waals surface area (Å²) in [6.07, 6.45) is 7.38. The first-order chi connectivity index (χ1) is 7.43. The van der Waals surface area contributed by atoms with Crippen LogP contribution in [0.1, 0.15) is 52.4 Å². The molecule has 0 bridgehead atoms. The van der Waals surface area contributed by atoms with Crippen molar-refractivity contribution in [1.82, 2.24) is 0 Å². The SMILES string of the molecule is CCCCCC(C)C(CCCN)S(C)(=O)=O. The lowest BCUT2D eigenvalue weighted by molar-refractivity contribution is 0.437. The molecule has 0 aromatic carbocycles. The zero-order valence-corrected chi connectivity index (χ0v) is 11.7. The van der Waals surface area contributed by atoms with Gasteiger partial charge in [-0.25, -0.2) is 8.42 Å². The van der Waals surface area contributed by atoms with Crippen LogP contribution in [0.3, 0.4) is 0 Å². The minimum atomic E-state index is -2.93. The van der Waals surface area contributed by atoms with E-state index in [1.807, 2.05) is 0 Å². The predicted molar refractivity (Wildman–Crippen MR) is 70.2 cm³/mol. The molecule has 0 aromatic rings. The molecule has 98 valence electrons. The summed E-state index contributed by atoms with van der Waals surface area (Å²) in [5, 5.41) is -0.201. The van der Waals surface area contributed by atoms with E-state index in [9.17, 15) is 8.42 Å². The number of nitrogens with two attached hydrogens (primary N) is 1. The highest BCUT2D eigenvalue weighted by Crippen LogP contribution is 2.22. The molecule has 0 aliphatic rings. The van der Waals surface area contributed by atoms with E-state index in [1.165, 1.54) is 19.1 Å². The molecule has 0 fully saturated rings. The summed E-state index contributed by atoms with van der Waals surface area (Å²) in [4.78, 5) is 0. The number of sulfone groups is 1. The first-order valence-corrected chi connectivity index (χ1v) is 8.27. The standard InChI is InChI=1S/C12H27NO2S/c1-4-5-6-8-11(2)12(9-7-10-13)16(3,14)15/h11-12H,4-10,13H2,1-3H3. The first kappa shape index (κ1) is 15.9. The van der Waals surface area contributed by atoms with Gasteiger partial charge in [-0.2, -0.15) is 0 Å². The summed E-state index contributed by atoms with van der Waals surface area (Å²) < 4.78 is 23.3. The predicted octanol–water partition coefficient (Wildman–Crippen LogP) is 2.35. The maximum atomic E-state index is 11.7. The Labute approximate surface area is 101 Å². The lowest BCUT2D eigenvalue weighted by Gasteiger charge is -2.22. The molecule has 0 spiro atoms. The Balaban J connectivity index is 4.27. The summed E-state index contributed by atoms with van der Waals surface area (Å²) in [6, 6.07) is 0. The average Bonchev–Trinajstić information content (AvgIpc) is 2.16. The highest BCUT2D eigenvalue weighted by molar-refractivity contribution is 7.91. The Morgan fingerprint density at radius 2 is 1.75 bits per heavy atom. The van der Waals surface area contributed by atoms with Crippen LogP contribution >= 0.6 is 0 Å². The van der Waals surface area contributed by atoms with Gasteiger partial charge < -0.3 is 5.73 Å². The lowest BCUT2D eigenvalue weighted by Crippen LogP contribution is -2.28. The molecule has 2 N–H and O–H groups in total. The molecule has 2 atom stereocenters. The fourth-order valence-electron chi connectivity index (χ4n) is 2.14. The van der Waals surface area contributed by atoms with Gasteiger partial charge in [0.1, 0.15) is 0 Å². The molecular formula is C12H27NO2S. The third-order valence-corrected chi connectivity index (χ3v) is 4.94. The van der Waals surface area contributed by atoms with Gasteiger partial charge >= 0.3 is 0 Å². The van der Waals surface area contributed by atoms with Crippen molar-refractivity contribution in [1.29, 1.82) is 0 Å². The van der Waals surface area contributed by atoms with Crippen LogP contribution in [-0.4, -0.2) is 26.5 Å². The summed E-state index contributed by atoms with van der Waals surface area (Å²) in [7, 11) is -2.93. The Kier molecular flexibility index (Phi) is 8.02. The minimum Gasteiger partial charge on any atom is -0.330 e. The van der Waals surface area contributed by atoms with E-state index in [2.05, 4.69) is 13.8 Å². The van der Waals surface area contributed by atoms with Gasteiger partial charge in [-0.15, -0.1) is 0 Å². The van der Waals surface area contributed by atoms with Crippen molar-refractivity contribution in [3.05, 3.63) is 0 Å². The molecular weight excluding hydrogens is 222 g/mol. The molecule has 3 nitrogen and oxygen atoms in total. The third kappa shape index (κ3) is 6.48. The summed E-state index contributed by atoms with van der Waals surface area (Å²) in [6.45, 7) is 4.79. The van der Waals surface area contributed by atoms with Crippen LogP contribution in [0, 0.1) is 5.92 Å². The molecule has 0 aliphatic heterocycles. The van der Waals surface area contributed by atoms with Crippen LogP contribution in [0.5, 0.6) is 0 Å². The quantitative estimate of drug-likeness (QED) is 0.638. The molecule has 0 saturated heterocycles. The van der Waals surface area contributed by atoms with Gasteiger partial charge in [0, 0.05) is 6.26 Å². The van der Waals surface area contributed by atoms with Gasteiger partial charge in [0.15, 0.2) is 9.84 Å². The Bertz CT molecular complexity index is 262. The van der Waals surface area contributed by atoms with E-state index in [1.54, 1.807) is 0 Å². The Morgan fingerprint density at radius 3 is 2.19 bits per heavy atom. The minimum absolute atomic E-state index is 0.201. The average molecular weight is 249 g/mol. The molecule has 0 aliphatic carbocycles. The van der Waals surface area contributed by atoms with Crippen LogP contribution in [0.25, 0.3) is 0 Å². The molecule has 0 amide bonds. The third-order valence-electron chi connectivity index (χ3n) is 3.14. The number of hydrogen-bond acceptors (Lipinski definition) is 3. The molecule has 0 radical (unpaired) electrons. The molecule has 0 saturated carbocycles. The van der Waals surface area contributed by atoms with Crippen molar-refractivity contribution in [2.45, 2.75) is 57.6 Å². The molecule has 0 rings (SSSR count). The van der Waals surface area contributed by atoms with Crippen molar-refractivity contribution in [2.24, 2.45) is 11.7 Å². The Morgan fingerprint density at radius 1 is 1.12 bits per heavy atom. The molecule has 0 heterocycles. The van der Waals surface area contributed by atoms with Gasteiger partial charge in [0.25, 0.3) is 0 Å². The van der Waals surface area contributed by atoms with E-state index in [0.29, 0.717) is 13.0 Å². The second-order valence-corrected chi connectivity index (χ2v) is 7.04. The largest absolute Gasteiger partial charge is 0.330 e. The summed E-state index contributed by atoms with van der Waals surface area (Å²) in [5.41, 5.74) is 5.45. The van der Waals surface area contributed by atoms with Crippen molar-refractivity contribution >= 4 is 9.84 Å². The maximum absolute atomic E-state index is 11.7. The van der Waals surface area contributed by atoms with Crippen LogP contribution in [0.15, 0.2) is 0 Å².